The normalized spacial score (nSPS) is 15.2. The maximum atomic E-state index is 13.4. The Labute approximate surface area is 215 Å². The molecule has 1 amide bonds. The van der Waals surface area contributed by atoms with Crippen LogP contribution in [-0.2, 0) is 17.9 Å². The third kappa shape index (κ3) is 6.06. The quantitative estimate of drug-likeness (QED) is 0.385. The number of nitriles is 1. The summed E-state index contributed by atoms with van der Waals surface area (Å²) < 4.78 is 5.21. The highest BCUT2D eigenvalue weighted by atomic mass is 32.2. The Morgan fingerprint density at radius 2 is 1.86 bits per heavy atom. The van der Waals surface area contributed by atoms with Crippen LogP contribution in [0.2, 0.25) is 0 Å². The lowest BCUT2D eigenvalue weighted by molar-refractivity contribution is -0.122. The third-order valence-electron chi connectivity index (χ3n) is 5.48. The molecular formula is C28H27N5O2S. The summed E-state index contributed by atoms with van der Waals surface area (Å²) in [6, 6.07) is 25.1. The standard InChI is InChI=1S/C28H27N5O2S/c1-3-31-24-14-11-22(16-29)15-25(24)32-28-33(19-21-7-5-4-6-8-21)27(34)26(36-28)18-30-17-20-9-12-23(35-2)13-10-20/h4-15,18,30-31H,3,17,19H2,1-2H3/b26-18-,32-28+. The Bertz CT molecular complexity index is 1310. The van der Waals surface area contributed by atoms with Crippen molar-refractivity contribution >= 4 is 34.2 Å². The Kier molecular flexibility index (Phi) is 8.27. The topological polar surface area (TPSA) is 89.7 Å². The number of amidine groups is 1. The number of nitrogens with zero attached hydrogens (tertiary/aromatic N) is 3. The van der Waals surface area contributed by atoms with Crippen molar-refractivity contribution in [1.82, 2.24) is 10.2 Å². The molecule has 0 aromatic heterocycles. The molecular weight excluding hydrogens is 470 g/mol. The zero-order valence-electron chi connectivity index (χ0n) is 20.2. The number of methoxy groups -OCH3 is 1. The number of aliphatic imine (C=N–C) groups is 1. The highest BCUT2D eigenvalue weighted by Crippen LogP contribution is 2.36. The summed E-state index contributed by atoms with van der Waals surface area (Å²) in [5.74, 6) is 0.680. The van der Waals surface area contributed by atoms with Gasteiger partial charge in [0.2, 0.25) is 0 Å². The second-order valence-electron chi connectivity index (χ2n) is 7.98. The van der Waals surface area contributed by atoms with Gasteiger partial charge in [-0.2, -0.15) is 5.26 Å². The molecule has 1 saturated heterocycles. The van der Waals surface area contributed by atoms with E-state index in [1.54, 1.807) is 30.3 Å². The molecule has 182 valence electrons. The van der Waals surface area contributed by atoms with Crippen molar-refractivity contribution in [3.8, 4) is 11.8 Å². The minimum absolute atomic E-state index is 0.119. The summed E-state index contributed by atoms with van der Waals surface area (Å²) in [6.07, 6.45) is 1.74. The van der Waals surface area contributed by atoms with E-state index in [-0.39, 0.29) is 5.91 Å². The van der Waals surface area contributed by atoms with Gasteiger partial charge in [-0.05, 0) is 60.1 Å². The van der Waals surface area contributed by atoms with Crippen molar-refractivity contribution in [1.29, 1.82) is 5.26 Å². The van der Waals surface area contributed by atoms with Gasteiger partial charge < -0.3 is 15.4 Å². The van der Waals surface area contributed by atoms with Gasteiger partial charge in [0, 0.05) is 19.3 Å². The SMILES string of the molecule is CCNc1ccc(C#N)cc1/N=C1/S/C(=C\NCc2ccc(OC)cc2)C(=O)N1Cc1ccccc1. The molecule has 36 heavy (non-hydrogen) atoms. The van der Waals surface area contributed by atoms with Crippen LogP contribution in [0, 0.1) is 11.3 Å². The molecule has 3 aromatic carbocycles. The minimum Gasteiger partial charge on any atom is -0.497 e. The van der Waals surface area contributed by atoms with Gasteiger partial charge in [-0.3, -0.25) is 9.69 Å². The number of rotatable bonds is 9. The number of carbonyl (C=O) groups is 1. The van der Waals surface area contributed by atoms with Gasteiger partial charge in [-0.25, -0.2) is 4.99 Å². The van der Waals surface area contributed by atoms with Crippen LogP contribution in [0.1, 0.15) is 23.6 Å². The average Bonchev–Trinajstić information content (AvgIpc) is 3.19. The van der Waals surface area contributed by atoms with Crippen molar-refractivity contribution in [3.05, 3.63) is 101 Å². The van der Waals surface area contributed by atoms with E-state index in [2.05, 4.69) is 16.7 Å². The molecule has 0 saturated carbocycles. The van der Waals surface area contributed by atoms with Gasteiger partial charge in [-0.15, -0.1) is 0 Å². The number of ether oxygens (including phenoxy) is 1. The zero-order chi connectivity index (χ0) is 25.3. The average molecular weight is 498 g/mol. The number of benzene rings is 3. The lowest BCUT2D eigenvalue weighted by Gasteiger charge is -2.16. The molecule has 3 aromatic rings. The Morgan fingerprint density at radius 3 is 2.56 bits per heavy atom. The Balaban J connectivity index is 1.61. The first-order chi connectivity index (χ1) is 17.6. The fourth-order valence-corrected chi connectivity index (χ4v) is 4.58. The number of carbonyl (C=O) groups excluding carboxylic acids is 1. The zero-order valence-corrected chi connectivity index (χ0v) is 21.0. The van der Waals surface area contributed by atoms with Gasteiger partial charge in [0.15, 0.2) is 5.17 Å². The minimum atomic E-state index is -0.119. The molecule has 4 rings (SSSR count). The van der Waals surface area contributed by atoms with Crippen molar-refractivity contribution in [2.75, 3.05) is 19.0 Å². The van der Waals surface area contributed by atoms with Crippen LogP contribution in [0.25, 0.3) is 0 Å². The van der Waals surface area contributed by atoms with E-state index in [1.165, 1.54) is 11.8 Å². The molecule has 0 aliphatic carbocycles. The van der Waals surface area contributed by atoms with E-state index in [0.29, 0.717) is 41.0 Å². The molecule has 0 spiro atoms. The van der Waals surface area contributed by atoms with Gasteiger partial charge >= 0.3 is 0 Å². The van der Waals surface area contributed by atoms with Crippen LogP contribution in [0.3, 0.4) is 0 Å². The number of hydrogen-bond donors (Lipinski definition) is 2. The second kappa shape index (κ2) is 12.0. The molecule has 0 unspecified atom stereocenters. The molecule has 1 fully saturated rings. The highest BCUT2D eigenvalue weighted by molar-refractivity contribution is 8.18. The summed E-state index contributed by atoms with van der Waals surface area (Å²) in [5, 5.41) is 16.5. The Hall–Kier alpha value is -4.22. The fourth-order valence-electron chi connectivity index (χ4n) is 3.64. The van der Waals surface area contributed by atoms with E-state index < -0.39 is 0 Å². The first-order valence-corrected chi connectivity index (χ1v) is 12.4. The van der Waals surface area contributed by atoms with Crippen LogP contribution in [0.15, 0.2) is 88.9 Å². The van der Waals surface area contributed by atoms with Crippen LogP contribution < -0.4 is 15.4 Å². The monoisotopic (exact) mass is 497 g/mol. The Morgan fingerprint density at radius 1 is 1.08 bits per heavy atom. The molecule has 0 atom stereocenters. The predicted octanol–water partition coefficient (Wildman–Crippen LogP) is 5.39. The van der Waals surface area contributed by atoms with Crippen molar-refractivity contribution in [2.24, 2.45) is 4.99 Å². The first kappa shape index (κ1) is 24.9. The van der Waals surface area contributed by atoms with Crippen molar-refractivity contribution in [3.63, 3.8) is 0 Å². The lowest BCUT2D eigenvalue weighted by Crippen LogP contribution is -2.28. The third-order valence-corrected chi connectivity index (χ3v) is 6.49. The van der Waals surface area contributed by atoms with E-state index in [9.17, 15) is 10.1 Å². The summed E-state index contributed by atoms with van der Waals surface area (Å²) in [6.45, 7) is 3.68. The number of nitrogens with one attached hydrogen (secondary N) is 2. The van der Waals surface area contributed by atoms with Gasteiger partial charge in [0.05, 0.1) is 41.6 Å². The number of thioether (sulfide) groups is 1. The molecule has 8 heteroatoms. The van der Waals surface area contributed by atoms with E-state index in [0.717, 1.165) is 22.6 Å². The summed E-state index contributed by atoms with van der Waals surface area (Å²) >= 11 is 1.32. The molecule has 1 heterocycles. The number of hydrogen-bond acceptors (Lipinski definition) is 7. The highest BCUT2D eigenvalue weighted by Gasteiger charge is 2.33. The van der Waals surface area contributed by atoms with E-state index in [1.807, 2.05) is 67.6 Å². The van der Waals surface area contributed by atoms with Gasteiger partial charge in [0.1, 0.15) is 5.75 Å². The lowest BCUT2D eigenvalue weighted by atomic mass is 10.2. The van der Waals surface area contributed by atoms with Crippen molar-refractivity contribution < 1.29 is 9.53 Å². The summed E-state index contributed by atoms with van der Waals surface area (Å²) in [7, 11) is 1.64. The molecule has 1 aliphatic rings. The smallest absolute Gasteiger partial charge is 0.268 e. The van der Waals surface area contributed by atoms with Crippen LogP contribution in [0.5, 0.6) is 5.75 Å². The van der Waals surface area contributed by atoms with Gasteiger partial charge in [0.25, 0.3) is 5.91 Å². The summed E-state index contributed by atoms with van der Waals surface area (Å²) in [5.41, 5.74) is 4.02. The molecule has 2 N–H and O–H groups in total. The molecule has 1 aliphatic heterocycles. The molecule has 7 nitrogen and oxygen atoms in total. The largest absolute Gasteiger partial charge is 0.497 e. The van der Waals surface area contributed by atoms with E-state index >= 15 is 0 Å². The summed E-state index contributed by atoms with van der Waals surface area (Å²) in [4.78, 5) is 20.5. The van der Waals surface area contributed by atoms with Crippen molar-refractivity contribution in [2.45, 2.75) is 20.0 Å². The van der Waals surface area contributed by atoms with Crippen LogP contribution >= 0.6 is 11.8 Å². The second-order valence-corrected chi connectivity index (χ2v) is 8.99. The van der Waals surface area contributed by atoms with Crippen LogP contribution in [0.4, 0.5) is 11.4 Å². The van der Waals surface area contributed by atoms with Gasteiger partial charge in [-0.1, -0.05) is 42.5 Å². The number of amides is 1. The first-order valence-electron chi connectivity index (χ1n) is 11.6. The predicted molar refractivity (Wildman–Crippen MR) is 145 cm³/mol. The maximum Gasteiger partial charge on any atom is 0.268 e. The number of anilines is 1. The maximum absolute atomic E-state index is 13.4. The van der Waals surface area contributed by atoms with Crippen LogP contribution in [-0.4, -0.2) is 29.6 Å². The fraction of sp³-hybridized carbons (Fsp3) is 0.179. The molecule has 0 bridgehead atoms. The van der Waals surface area contributed by atoms with E-state index in [4.69, 9.17) is 9.73 Å². The molecule has 0 radical (unpaired) electrons.